The van der Waals surface area contributed by atoms with Gasteiger partial charge >= 0.3 is 5.92 Å². The highest BCUT2D eigenvalue weighted by atomic mass is 19.3. The van der Waals surface area contributed by atoms with Crippen molar-refractivity contribution in [2.75, 3.05) is 0 Å². The standard InChI is InChI=1S/C7H10F2NO/c1-10-6(11)7(8,9)4-5-2-3-5/h5H,1-4H2,(H,10,11). The Kier molecular flexibility index (Phi) is 2.11. The molecule has 0 atom stereocenters. The second-order valence-electron chi connectivity index (χ2n) is 2.86. The second kappa shape index (κ2) is 2.75. The number of halogens is 2. The monoisotopic (exact) mass is 162 g/mol. The van der Waals surface area contributed by atoms with Crippen LogP contribution in [-0.2, 0) is 4.79 Å². The van der Waals surface area contributed by atoms with Crippen molar-refractivity contribution in [1.29, 1.82) is 0 Å². The fraction of sp³-hybridized carbons (Fsp3) is 0.714. The van der Waals surface area contributed by atoms with E-state index in [1.807, 2.05) is 0 Å². The van der Waals surface area contributed by atoms with Crippen LogP contribution >= 0.6 is 0 Å². The molecule has 1 saturated carbocycles. The lowest BCUT2D eigenvalue weighted by Gasteiger charge is -2.12. The van der Waals surface area contributed by atoms with E-state index in [2.05, 4.69) is 7.05 Å². The van der Waals surface area contributed by atoms with Crippen LogP contribution in [0.2, 0.25) is 0 Å². The van der Waals surface area contributed by atoms with Crippen LogP contribution in [0.1, 0.15) is 19.3 Å². The van der Waals surface area contributed by atoms with Crippen LogP contribution in [0.3, 0.4) is 0 Å². The number of nitrogens with one attached hydrogen (secondary N) is 1. The molecule has 11 heavy (non-hydrogen) atoms. The minimum absolute atomic E-state index is 0.0438. The molecule has 0 bridgehead atoms. The molecule has 4 heteroatoms. The zero-order chi connectivity index (χ0) is 8.48. The third-order valence-corrected chi connectivity index (χ3v) is 1.73. The first-order valence-electron chi connectivity index (χ1n) is 3.51. The fourth-order valence-electron chi connectivity index (χ4n) is 0.907. The van der Waals surface area contributed by atoms with Gasteiger partial charge in [0.25, 0.3) is 5.91 Å². The van der Waals surface area contributed by atoms with E-state index in [1.54, 1.807) is 5.32 Å². The molecule has 1 aliphatic carbocycles. The summed E-state index contributed by atoms with van der Waals surface area (Å²) in [5.41, 5.74) is 0. The molecule has 0 spiro atoms. The predicted molar refractivity (Wildman–Crippen MR) is 35.8 cm³/mol. The van der Waals surface area contributed by atoms with Gasteiger partial charge < -0.3 is 5.32 Å². The molecule has 1 radical (unpaired) electrons. The first-order chi connectivity index (χ1) is 5.06. The summed E-state index contributed by atoms with van der Waals surface area (Å²) < 4.78 is 25.3. The van der Waals surface area contributed by atoms with Crippen LogP contribution in [0.5, 0.6) is 0 Å². The smallest absolute Gasteiger partial charge is 0.324 e. The van der Waals surface area contributed by atoms with E-state index >= 15 is 0 Å². The minimum Gasteiger partial charge on any atom is -0.349 e. The maximum absolute atomic E-state index is 12.7. The molecular weight excluding hydrogens is 152 g/mol. The van der Waals surface area contributed by atoms with Gasteiger partial charge in [-0.3, -0.25) is 4.79 Å². The van der Waals surface area contributed by atoms with Gasteiger partial charge in [-0.2, -0.15) is 8.78 Å². The van der Waals surface area contributed by atoms with Crippen molar-refractivity contribution in [3.63, 3.8) is 0 Å². The van der Waals surface area contributed by atoms with E-state index in [9.17, 15) is 13.6 Å². The Morgan fingerprint density at radius 1 is 1.64 bits per heavy atom. The molecule has 0 unspecified atom stereocenters. The fourth-order valence-corrected chi connectivity index (χ4v) is 0.907. The SMILES string of the molecule is [CH2]NC(=O)C(F)(F)CC1CC1. The highest BCUT2D eigenvalue weighted by Crippen LogP contribution is 2.38. The summed E-state index contributed by atoms with van der Waals surface area (Å²) in [6.07, 6.45) is 1.31. The molecule has 1 fully saturated rings. The molecule has 1 N–H and O–H groups in total. The lowest BCUT2D eigenvalue weighted by atomic mass is 10.1. The number of amides is 1. The van der Waals surface area contributed by atoms with Gasteiger partial charge in [0.05, 0.1) is 0 Å². The summed E-state index contributed by atoms with van der Waals surface area (Å²) in [5.74, 6) is -4.45. The summed E-state index contributed by atoms with van der Waals surface area (Å²) in [4.78, 5) is 10.5. The minimum atomic E-state index is -3.22. The molecule has 1 aliphatic rings. The van der Waals surface area contributed by atoms with E-state index in [4.69, 9.17) is 0 Å². The zero-order valence-corrected chi connectivity index (χ0v) is 6.07. The first-order valence-corrected chi connectivity index (χ1v) is 3.51. The van der Waals surface area contributed by atoms with Crippen molar-refractivity contribution in [1.82, 2.24) is 5.32 Å². The van der Waals surface area contributed by atoms with E-state index in [0.717, 1.165) is 12.8 Å². The van der Waals surface area contributed by atoms with Crippen LogP contribution in [0.4, 0.5) is 8.78 Å². The Morgan fingerprint density at radius 2 is 2.18 bits per heavy atom. The van der Waals surface area contributed by atoms with Gasteiger partial charge in [-0.15, -0.1) is 0 Å². The third-order valence-electron chi connectivity index (χ3n) is 1.73. The van der Waals surface area contributed by atoms with Crippen LogP contribution in [0, 0.1) is 13.0 Å². The van der Waals surface area contributed by atoms with E-state index < -0.39 is 11.8 Å². The van der Waals surface area contributed by atoms with Gasteiger partial charge in [0.1, 0.15) is 0 Å². The number of hydrogen-bond acceptors (Lipinski definition) is 1. The average molecular weight is 162 g/mol. The zero-order valence-electron chi connectivity index (χ0n) is 6.07. The Bertz CT molecular complexity index is 166. The number of carbonyl (C=O) groups excluding carboxylic acids is 1. The molecule has 0 saturated heterocycles. The van der Waals surface area contributed by atoms with Crippen molar-refractivity contribution >= 4 is 5.91 Å². The van der Waals surface area contributed by atoms with Crippen molar-refractivity contribution in [3.05, 3.63) is 7.05 Å². The molecule has 0 aromatic carbocycles. The van der Waals surface area contributed by atoms with Gasteiger partial charge in [-0.1, -0.05) is 0 Å². The highest BCUT2D eigenvalue weighted by Gasteiger charge is 2.43. The number of carbonyl (C=O) groups is 1. The Morgan fingerprint density at radius 3 is 2.55 bits per heavy atom. The summed E-state index contributed by atoms with van der Waals surface area (Å²) in [7, 11) is 2.90. The molecule has 2 nitrogen and oxygen atoms in total. The van der Waals surface area contributed by atoms with Gasteiger partial charge in [0.2, 0.25) is 0 Å². The molecule has 1 amide bonds. The molecule has 0 heterocycles. The Labute approximate surface area is 64.0 Å². The predicted octanol–water partition coefficient (Wildman–Crippen LogP) is 1.33. The quantitative estimate of drug-likeness (QED) is 0.666. The molecule has 0 aromatic rings. The van der Waals surface area contributed by atoms with Crippen LogP contribution in [0.15, 0.2) is 0 Å². The normalized spacial score (nSPS) is 18.1. The lowest BCUT2D eigenvalue weighted by molar-refractivity contribution is -0.146. The number of alkyl halides is 2. The number of hydrogen-bond donors (Lipinski definition) is 1. The molecule has 63 valence electrons. The maximum atomic E-state index is 12.7. The second-order valence-corrected chi connectivity index (χ2v) is 2.86. The average Bonchev–Trinajstić information content (AvgIpc) is 2.69. The van der Waals surface area contributed by atoms with Crippen molar-refractivity contribution in [2.24, 2.45) is 5.92 Å². The lowest BCUT2D eigenvalue weighted by Crippen LogP contribution is -2.37. The van der Waals surface area contributed by atoms with Crippen molar-refractivity contribution < 1.29 is 13.6 Å². The van der Waals surface area contributed by atoms with Crippen LogP contribution < -0.4 is 5.32 Å². The van der Waals surface area contributed by atoms with E-state index in [-0.39, 0.29) is 12.3 Å². The molecule has 0 aromatic heterocycles. The Hall–Kier alpha value is -0.670. The first kappa shape index (κ1) is 8.43. The maximum Gasteiger partial charge on any atom is 0.324 e. The van der Waals surface area contributed by atoms with Gasteiger partial charge in [-0.05, 0) is 18.8 Å². The van der Waals surface area contributed by atoms with Gasteiger partial charge in [0, 0.05) is 13.5 Å². The van der Waals surface area contributed by atoms with Gasteiger partial charge in [0.15, 0.2) is 0 Å². The molecule has 0 aliphatic heterocycles. The summed E-state index contributed by atoms with van der Waals surface area (Å²) in [6, 6.07) is 0. The van der Waals surface area contributed by atoms with Crippen LogP contribution in [-0.4, -0.2) is 11.8 Å². The highest BCUT2D eigenvalue weighted by molar-refractivity contribution is 5.83. The largest absolute Gasteiger partial charge is 0.349 e. The van der Waals surface area contributed by atoms with Crippen molar-refractivity contribution in [3.8, 4) is 0 Å². The topological polar surface area (TPSA) is 29.1 Å². The molecule has 1 rings (SSSR count). The summed E-state index contributed by atoms with van der Waals surface area (Å²) in [6.45, 7) is 0. The summed E-state index contributed by atoms with van der Waals surface area (Å²) >= 11 is 0. The van der Waals surface area contributed by atoms with Crippen LogP contribution in [0.25, 0.3) is 0 Å². The van der Waals surface area contributed by atoms with E-state index in [0.29, 0.717) is 0 Å². The molecular formula is C7H10F2NO. The third kappa shape index (κ3) is 2.13. The Balaban J connectivity index is 2.42. The summed E-state index contributed by atoms with van der Waals surface area (Å²) in [5, 5.41) is 1.70. The van der Waals surface area contributed by atoms with E-state index in [1.165, 1.54) is 0 Å². The van der Waals surface area contributed by atoms with Gasteiger partial charge in [-0.25, -0.2) is 0 Å². The van der Waals surface area contributed by atoms with Crippen molar-refractivity contribution in [2.45, 2.75) is 25.2 Å². The number of rotatable bonds is 3.